The molecule has 0 rings (SSSR count). The maximum atomic E-state index is 12.2. The Morgan fingerprint density at radius 3 is 1.95 bits per heavy atom. The number of rotatable bonds is 7. The Morgan fingerprint density at radius 2 is 1.63 bits per heavy atom. The molecule has 4 heteroatoms. The van der Waals surface area contributed by atoms with Crippen molar-refractivity contribution in [2.45, 2.75) is 40.5 Å². The highest BCUT2D eigenvalue weighted by molar-refractivity contribution is 6.00. The normalized spacial score (nSPS) is 10.1. The zero-order valence-corrected chi connectivity index (χ0v) is 12.2. The van der Waals surface area contributed by atoms with Gasteiger partial charge in [0, 0.05) is 6.42 Å². The lowest BCUT2D eigenvalue weighted by atomic mass is 9.79. The molecule has 0 heterocycles. The van der Waals surface area contributed by atoms with Crippen molar-refractivity contribution in [3.63, 3.8) is 0 Å². The van der Waals surface area contributed by atoms with Crippen LogP contribution in [0, 0.1) is 17.3 Å². The van der Waals surface area contributed by atoms with Gasteiger partial charge in [-0.25, -0.2) is 0 Å². The van der Waals surface area contributed by atoms with E-state index in [0.29, 0.717) is 5.57 Å². The van der Waals surface area contributed by atoms with Gasteiger partial charge in [-0.3, -0.25) is 9.59 Å². The number of carbonyl (C=O) groups is 2. The van der Waals surface area contributed by atoms with Gasteiger partial charge in [0.1, 0.15) is 0 Å². The van der Waals surface area contributed by atoms with Gasteiger partial charge in [0.2, 0.25) is 0 Å². The molecule has 0 fully saturated rings. The molecule has 19 heavy (non-hydrogen) atoms. The molecule has 0 unspecified atom stereocenters. The van der Waals surface area contributed by atoms with Crippen LogP contribution in [-0.4, -0.2) is 25.2 Å². The van der Waals surface area contributed by atoms with Crippen LogP contribution in [0.15, 0.2) is 12.2 Å². The van der Waals surface area contributed by atoms with Gasteiger partial charge in [0.05, 0.1) is 13.2 Å². The van der Waals surface area contributed by atoms with E-state index < -0.39 is 17.4 Å². The molecule has 0 N–H and O–H groups in total. The molecule has 0 atom stereocenters. The fourth-order valence-corrected chi connectivity index (χ4v) is 1.73. The SMILES string of the molecule is C=C(C)CC(CC#CC)(C(=O)OCC)C(=O)OCC. The van der Waals surface area contributed by atoms with Crippen LogP contribution in [0.5, 0.6) is 0 Å². The highest BCUT2D eigenvalue weighted by atomic mass is 16.6. The molecule has 0 radical (unpaired) electrons. The molecule has 0 saturated heterocycles. The minimum atomic E-state index is -1.40. The monoisotopic (exact) mass is 266 g/mol. The summed E-state index contributed by atoms with van der Waals surface area (Å²) in [6.45, 7) is 11.0. The summed E-state index contributed by atoms with van der Waals surface area (Å²) < 4.78 is 10.0. The van der Waals surface area contributed by atoms with Gasteiger partial charge in [-0.1, -0.05) is 5.57 Å². The van der Waals surface area contributed by atoms with E-state index in [9.17, 15) is 9.59 Å². The highest BCUT2D eigenvalue weighted by Gasteiger charge is 2.48. The second-order valence-electron chi connectivity index (χ2n) is 4.26. The van der Waals surface area contributed by atoms with Gasteiger partial charge in [0.15, 0.2) is 5.41 Å². The summed E-state index contributed by atoms with van der Waals surface area (Å²) in [4.78, 5) is 24.4. The second kappa shape index (κ2) is 8.36. The fourth-order valence-electron chi connectivity index (χ4n) is 1.73. The van der Waals surface area contributed by atoms with Crippen LogP contribution < -0.4 is 0 Å². The zero-order chi connectivity index (χ0) is 14.9. The molecule has 0 bridgehead atoms. The van der Waals surface area contributed by atoms with Crippen LogP contribution in [0.25, 0.3) is 0 Å². The molecular weight excluding hydrogens is 244 g/mol. The van der Waals surface area contributed by atoms with Gasteiger partial charge in [-0.2, -0.15) is 0 Å². The number of hydrogen-bond acceptors (Lipinski definition) is 4. The van der Waals surface area contributed by atoms with Crippen LogP contribution in [-0.2, 0) is 19.1 Å². The Labute approximate surface area is 115 Å². The summed E-state index contributed by atoms with van der Waals surface area (Å²) in [5.74, 6) is 4.28. The third-order valence-corrected chi connectivity index (χ3v) is 2.50. The van der Waals surface area contributed by atoms with Crippen LogP contribution in [0.3, 0.4) is 0 Å². The number of esters is 2. The summed E-state index contributed by atoms with van der Waals surface area (Å²) in [6, 6.07) is 0. The van der Waals surface area contributed by atoms with Gasteiger partial charge in [0.25, 0.3) is 0 Å². The van der Waals surface area contributed by atoms with Crippen molar-refractivity contribution < 1.29 is 19.1 Å². The fraction of sp³-hybridized carbons (Fsp3) is 0.600. The summed E-state index contributed by atoms with van der Waals surface area (Å²) in [5, 5.41) is 0. The number of hydrogen-bond donors (Lipinski definition) is 0. The van der Waals surface area contributed by atoms with Crippen molar-refractivity contribution in [2.24, 2.45) is 5.41 Å². The Hall–Kier alpha value is -1.76. The predicted octanol–water partition coefficient (Wildman–Crippen LogP) is 2.48. The van der Waals surface area contributed by atoms with E-state index in [1.165, 1.54) is 0 Å². The first-order valence-corrected chi connectivity index (χ1v) is 6.33. The van der Waals surface area contributed by atoms with Crippen molar-refractivity contribution >= 4 is 11.9 Å². The van der Waals surface area contributed by atoms with Crippen molar-refractivity contribution in [1.82, 2.24) is 0 Å². The van der Waals surface area contributed by atoms with Gasteiger partial charge in [-0.15, -0.1) is 18.4 Å². The maximum Gasteiger partial charge on any atom is 0.324 e. The lowest BCUT2D eigenvalue weighted by Crippen LogP contribution is -2.42. The molecule has 0 aliphatic rings. The van der Waals surface area contributed by atoms with Crippen molar-refractivity contribution in [2.75, 3.05) is 13.2 Å². The molecule has 0 aromatic carbocycles. The lowest BCUT2D eigenvalue weighted by Gasteiger charge is -2.27. The minimum Gasteiger partial charge on any atom is -0.465 e. The van der Waals surface area contributed by atoms with Crippen LogP contribution >= 0.6 is 0 Å². The Morgan fingerprint density at radius 1 is 1.16 bits per heavy atom. The highest BCUT2D eigenvalue weighted by Crippen LogP contribution is 2.33. The Bertz CT molecular complexity index is 380. The van der Waals surface area contributed by atoms with E-state index in [0.717, 1.165) is 0 Å². The zero-order valence-electron chi connectivity index (χ0n) is 12.2. The second-order valence-corrected chi connectivity index (χ2v) is 4.26. The summed E-state index contributed by atoms with van der Waals surface area (Å²) in [5.41, 5.74) is -0.695. The smallest absolute Gasteiger partial charge is 0.324 e. The molecule has 0 aliphatic heterocycles. The summed E-state index contributed by atoms with van der Waals surface area (Å²) in [7, 11) is 0. The molecular formula is C15H22O4. The molecule has 0 amide bonds. The third-order valence-electron chi connectivity index (χ3n) is 2.50. The van der Waals surface area contributed by atoms with Gasteiger partial charge >= 0.3 is 11.9 Å². The van der Waals surface area contributed by atoms with Crippen LogP contribution in [0.1, 0.15) is 40.5 Å². The van der Waals surface area contributed by atoms with E-state index in [2.05, 4.69) is 18.4 Å². The summed E-state index contributed by atoms with van der Waals surface area (Å²) in [6.07, 6.45) is 0.257. The van der Waals surface area contributed by atoms with E-state index in [1.807, 2.05) is 0 Å². The van der Waals surface area contributed by atoms with E-state index >= 15 is 0 Å². The van der Waals surface area contributed by atoms with E-state index in [-0.39, 0.29) is 26.1 Å². The lowest BCUT2D eigenvalue weighted by molar-refractivity contribution is -0.171. The van der Waals surface area contributed by atoms with Crippen molar-refractivity contribution in [3.05, 3.63) is 12.2 Å². The van der Waals surface area contributed by atoms with Gasteiger partial charge < -0.3 is 9.47 Å². The Balaban J connectivity index is 5.52. The van der Waals surface area contributed by atoms with Gasteiger partial charge in [-0.05, 0) is 34.1 Å². The molecule has 0 aromatic rings. The first-order chi connectivity index (χ1) is 8.94. The average Bonchev–Trinajstić information content (AvgIpc) is 2.34. The topological polar surface area (TPSA) is 52.6 Å². The maximum absolute atomic E-state index is 12.2. The molecule has 0 aromatic heterocycles. The quantitative estimate of drug-likeness (QED) is 0.307. The minimum absolute atomic E-state index is 0.0774. The largest absolute Gasteiger partial charge is 0.465 e. The standard InChI is InChI=1S/C15H22O4/c1-6-9-10-15(11-12(4)5,13(16)18-7-2)14(17)19-8-3/h4,7-8,10-11H2,1-3,5H3. The number of carbonyl (C=O) groups excluding carboxylic acids is 2. The third kappa shape index (κ3) is 4.78. The Kier molecular flexibility index (Phi) is 7.59. The van der Waals surface area contributed by atoms with Crippen LogP contribution in [0.4, 0.5) is 0 Å². The molecule has 106 valence electrons. The molecule has 0 aliphatic carbocycles. The van der Waals surface area contributed by atoms with E-state index in [1.54, 1.807) is 27.7 Å². The van der Waals surface area contributed by atoms with Crippen LogP contribution in [0.2, 0.25) is 0 Å². The first kappa shape index (κ1) is 17.2. The van der Waals surface area contributed by atoms with E-state index in [4.69, 9.17) is 9.47 Å². The average molecular weight is 266 g/mol. The molecule has 0 saturated carbocycles. The number of ether oxygens (including phenoxy) is 2. The van der Waals surface area contributed by atoms with Crippen molar-refractivity contribution in [1.29, 1.82) is 0 Å². The van der Waals surface area contributed by atoms with Crippen molar-refractivity contribution in [3.8, 4) is 11.8 Å². The predicted molar refractivity (Wildman–Crippen MR) is 73.2 cm³/mol. The summed E-state index contributed by atoms with van der Waals surface area (Å²) >= 11 is 0. The number of allylic oxidation sites excluding steroid dienone is 1. The molecule has 4 nitrogen and oxygen atoms in total. The first-order valence-electron chi connectivity index (χ1n) is 6.33. The molecule has 0 spiro atoms.